The van der Waals surface area contributed by atoms with Gasteiger partial charge in [-0.3, -0.25) is 14.6 Å². The number of carbonyl (C=O) groups is 3. The van der Waals surface area contributed by atoms with E-state index in [2.05, 4.69) is 10.6 Å². The van der Waals surface area contributed by atoms with Crippen molar-refractivity contribution in [2.75, 3.05) is 37.4 Å². The molecule has 1 saturated carbocycles. The summed E-state index contributed by atoms with van der Waals surface area (Å²) < 4.78 is 46.9. The predicted molar refractivity (Wildman–Crippen MR) is 187 cm³/mol. The lowest BCUT2D eigenvalue weighted by Crippen LogP contribution is -2.38. The van der Waals surface area contributed by atoms with Gasteiger partial charge in [-0.25, -0.2) is 13.6 Å². The number of benzene rings is 3. The molecule has 3 N–H and O–H groups in total. The lowest BCUT2D eigenvalue weighted by Gasteiger charge is -2.30. The van der Waals surface area contributed by atoms with Crippen molar-refractivity contribution in [1.29, 1.82) is 0 Å². The van der Waals surface area contributed by atoms with Gasteiger partial charge in [0.15, 0.2) is 23.1 Å². The van der Waals surface area contributed by atoms with E-state index in [1.807, 2.05) is 20.8 Å². The molecule has 4 aromatic rings. The molecule has 6 rings (SSSR count). The first-order valence-corrected chi connectivity index (χ1v) is 16.8. The number of pyridine rings is 1. The lowest BCUT2D eigenvalue weighted by molar-refractivity contribution is -0.131. The van der Waals surface area contributed by atoms with Crippen molar-refractivity contribution in [3.05, 3.63) is 78.0 Å². The number of carbonyl (C=O) groups excluding carboxylic acids is 2. The average Bonchev–Trinajstić information content (AvgIpc) is 3.91. The molecule has 1 aliphatic heterocycles. The van der Waals surface area contributed by atoms with E-state index in [0.29, 0.717) is 84.9 Å². The molecular weight excluding hydrogens is 662 g/mol. The summed E-state index contributed by atoms with van der Waals surface area (Å²) in [6, 6.07) is 14.5. The van der Waals surface area contributed by atoms with Crippen molar-refractivity contribution < 1.29 is 42.5 Å². The van der Waals surface area contributed by atoms with Crippen LogP contribution in [0.15, 0.2) is 60.7 Å². The zero-order valence-corrected chi connectivity index (χ0v) is 28.8. The van der Waals surface area contributed by atoms with Gasteiger partial charge < -0.3 is 34.9 Å². The third-order valence-corrected chi connectivity index (χ3v) is 9.32. The Bertz CT molecular complexity index is 1970. The maximum absolute atomic E-state index is 15.6. The second kappa shape index (κ2) is 14.0. The van der Waals surface area contributed by atoms with Gasteiger partial charge in [0.1, 0.15) is 17.0 Å². The highest BCUT2D eigenvalue weighted by molar-refractivity contribution is 6.16. The largest absolute Gasteiger partial charge is 0.493 e. The zero-order valence-electron chi connectivity index (χ0n) is 28.8. The summed E-state index contributed by atoms with van der Waals surface area (Å²) in [4.78, 5) is 43.7. The van der Waals surface area contributed by atoms with E-state index in [4.69, 9.17) is 19.2 Å². The van der Waals surface area contributed by atoms with Crippen molar-refractivity contribution in [2.45, 2.75) is 51.9 Å². The van der Waals surface area contributed by atoms with Gasteiger partial charge in [0.05, 0.1) is 24.9 Å². The van der Waals surface area contributed by atoms with Crippen molar-refractivity contribution >= 4 is 40.2 Å². The molecule has 3 amide bonds. The first kappa shape index (κ1) is 35.4. The number of aromatic nitrogens is 1. The quantitative estimate of drug-likeness (QED) is 0.143. The summed E-state index contributed by atoms with van der Waals surface area (Å²) in [5, 5.41) is 15.1. The molecule has 0 atom stereocenters. The molecule has 2 fully saturated rings. The SMILES string of the molecule is COc1cc2c(Oc3ccc(NC(=O)C4(C(=O)Nc5ccc(F)cc5)CC4)cc3F)cc(C(C)(C)C)nc2cc1OCC1CCN(C(=O)O)CC1. The van der Waals surface area contributed by atoms with E-state index in [-0.39, 0.29) is 22.8 Å². The number of nitrogens with one attached hydrogen (secondary N) is 2. The number of nitrogens with zero attached hydrogens (tertiary/aromatic N) is 2. The number of piperidine rings is 1. The van der Waals surface area contributed by atoms with Gasteiger partial charge in [0.2, 0.25) is 11.8 Å². The van der Waals surface area contributed by atoms with Crippen molar-refractivity contribution in [2.24, 2.45) is 11.3 Å². The number of anilines is 2. The molecule has 2 aliphatic rings. The van der Waals surface area contributed by atoms with Crippen LogP contribution in [0.25, 0.3) is 10.9 Å². The number of ether oxygens (including phenoxy) is 3. The van der Waals surface area contributed by atoms with Crippen LogP contribution in [-0.2, 0) is 15.0 Å². The summed E-state index contributed by atoms with van der Waals surface area (Å²) in [7, 11) is 1.52. The molecule has 0 radical (unpaired) electrons. The van der Waals surface area contributed by atoms with Crippen LogP contribution < -0.4 is 24.8 Å². The van der Waals surface area contributed by atoms with E-state index in [1.54, 1.807) is 18.2 Å². The number of methoxy groups -OCH3 is 1. The summed E-state index contributed by atoms with van der Waals surface area (Å²) in [5.41, 5.74) is 0.0613. The molecule has 0 spiro atoms. The first-order chi connectivity index (χ1) is 24.3. The van der Waals surface area contributed by atoms with Crippen LogP contribution in [0, 0.1) is 23.0 Å². The minimum Gasteiger partial charge on any atom is -0.493 e. The van der Waals surface area contributed by atoms with E-state index in [0.717, 1.165) is 6.07 Å². The molecule has 1 aromatic heterocycles. The smallest absolute Gasteiger partial charge is 0.407 e. The average molecular weight is 703 g/mol. The van der Waals surface area contributed by atoms with Crippen LogP contribution in [0.2, 0.25) is 0 Å². The van der Waals surface area contributed by atoms with Crippen LogP contribution >= 0.6 is 0 Å². The second-order valence-corrected chi connectivity index (χ2v) is 14.0. The number of fused-ring (bicyclic) bond motifs is 1. The molecule has 0 unspecified atom stereocenters. The van der Waals surface area contributed by atoms with Gasteiger partial charge >= 0.3 is 6.09 Å². The second-order valence-electron chi connectivity index (χ2n) is 14.0. The Hall–Kier alpha value is -5.46. The third kappa shape index (κ3) is 7.82. The van der Waals surface area contributed by atoms with Crippen LogP contribution in [-0.4, -0.2) is 59.7 Å². The van der Waals surface area contributed by atoms with Crippen LogP contribution in [0.1, 0.15) is 52.1 Å². The molecule has 268 valence electrons. The van der Waals surface area contributed by atoms with Crippen molar-refractivity contribution in [3.8, 4) is 23.0 Å². The molecule has 1 saturated heterocycles. The number of rotatable bonds is 10. The van der Waals surface area contributed by atoms with Gasteiger partial charge in [0, 0.05) is 53.5 Å². The Morgan fingerprint density at radius 1 is 0.882 bits per heavy atom. The number of hydrogen-bond donors (Lipinski definition) is 3. The third-order valence-electron chi connectivity index (χ3n) is 9.32. The Morgan fingerprint density at radius 2 is 1.53 bits per heavy atom. The Morgan fingerprint density at radius 3 is 2.12 bits per heavy atom. The Labute approximate surface area is 293 Å². The first-order valence-electron chi connectivity index (χ1n) is 16.8. The maximum Gasteiger partial charge on any atom is 0.407 e. The highest BCUT2D eigenvalue weighted by atomic mass is 19.1. The van der Waals surface area contributed by atoms with Crippen molar-refractivity contribution in [1.82, 2.24) is 9.88 Å². The molecule has 51 heavy (non-hydrogen) atoms. The number of likely N-dealkylation sites (tertiary alicyclic amines) is 1. The van der Waals surface area contributed by atoms with Crippen LogP contribution in [0.3, 0.4) is 0 Å². The lowest BCUT2D eigenvalue weighted by atomic mass is 9.91. The molecule has 11 nitrogen and oxygen atoms in total. The van der Waals surface area contributed by atoms with Gasteiger partial charge in [-0.1, -0.05) is 20.8 Å². The molecular formula is C38H40F2N4O7. The highest BCUT2D eigenvalue weighted by Crippen LogP contribution is 2.48. The Kier molecular flexibility index (Phi) is 9.74. The number of carboxylic acid groups (broad SMARTS) is 1. The molecule has 1 aliphatic carbocycles. The van der Waals surface area contributed by atoms with Gasteiger partial charge in [-0.05, 0) is 74.1 Å². The summed E-state index contributed by atoms with van der Waals surface area (Å²) in [5.74, 6) is -0.954. The predicted octanol–water partition coefficient (Wildman–Crippen LogP) is 7.74. The maximum atomic E-state index is 15.6. The molecule has 2 heterocycles. The number of amides is 3. The highest BCUT2D eigenvalue weighted by Gasteiger charge is 2.56. The van der Waals surface area contributed by atoms with E-state index in [1.165, 1.54) is 48.4 Å². The fourth-order valence-corrected chi connectivity index (χ4v) is 5.94. The van der Waals surface area contributed by atoms with Gasteiger partial charge in [-0.2, -0.15) is 0 Å². The molecule has 0 bridgehead atoms. The van der Waals surface area contributed by atoms with Crippen molar-refractivity contribution in [3.63, 3.8) is 0 Å². The number of halogens is 2. The normalized spacial score (nSPS) is 15.6. The fraction of sp³-hybridized carbons (Fsp3) is 0.368. The van der Waals surface area contributed by atoms with Gasteiger partial charge in [-0.15, -0.1) is 0 Å². The summed E-state index contributed by atoms with van der Waals surface area (Å²) in [6.45, 7) is 7.29. The minimum atomic E-state index is -1.31. The summed E-state index contributed by atoms with van der Waals surface area (Å²) >= 11 is 0. The minimum absolute atomic E-state index is 0.0949. The number of hydrogen-bond acceptors (Lipinski definition) is 7. The topological polar surface area (TPSA) is 139 Å². The standard InChI is InChI=1S/C38H40F2N4O7/c1-37(2,3)33-20-30(26-18-31(49-4)32(19-28(26)43-33)50-21-22-11-15-44(16-12-22)36(47)48)51-29-10-9-25(17-27(29)40)42-35(46)38(13-14-38)34(45)41-24-7-5-23(39)6-8-24/h5-10,17-20,22H,11-16,21H2,1-4H3,(H,41,45)(H,42,46)(H,47,48). The fourth-order valence-electron chi connectivity index (χ4n) is 5.94. The zero-order chi connectivity index (χ0) is 36.5. The monoisotopic (exact) mass is 702 g/mol. The van der Waals surface area contributed by atoms with Crippen LogP contribution in [0.5, 0.6) is 23.0 Å². The van der Waals surface area contributed by atoms with Crippen LogP contribution in [0.4, 0.5) is 25.0 Å². The van der Waals surface area contributed by atoms with Gasteiger partial charge in [0.25, 0.3) is 0 Å². The summed E-state index contributed by atoms with van der Waals surface area (Å²) in [6.07, 6.45) is 1.11. The molecule has 3 aromatic carbocycles. The van der Waals surface area contributed by atoms with E-state index < -0.39 is 35.0 Å². The van der Waals surface area contributed by atoms with E-state index in [9.17, 15) is 23.9 Å². The Balaban J connectivity index is 1.20. The molecule has 13 heteroatoms. The van der Waals surface area contributed by atoms with E-state index >= 15 is 4.39 Å².